The van der Waals surface area contributed by atoms with E-state index >= 15 is 0 Å². The fourth-order valence-electron chi connectivity index (χ4n) is 11.5. The van der Waals surface area contributed by atoms with Crippen LogP contribution in [0.15, 0.2) is 158 Å². The molecule has 4 aromatic carbocycles. The van der Waals surface area contributed by atoms with E-state index < -0.39 is 5.60 Å². The lowest BCUT2D eigenvalue weighted by Crippen LogP contribution is -2.35. The number of nitrogens with one attached hydrogen (secondary N) is 4. The van der Waals surface area contributed by atoms with Crippen molar-refractivity contribution in [1.29, 1.82) is 0 Å². The van der Waals surface area contributed by atoms with Crippen LogP contribution in [0.25, 0.3) is 11.1 Å². The van der Waals surface area contributed by atoms with Crippen LogP contribution >= 0.6 is 0 Å². The van der Waals surface area contributed by atoms with Crippen LogP contribution in [0, 0.1) is 0 Å². The van der Waals surface area contributed by atoms with Crippen LogP contribution in [0.5, 0.6) is 5.75 Å². The summed E-state index contributed by atoms with van der Waals surface area (Å²) in [5.74, 6) is 2.32. The zero-order valence-electron chi connectivity index (χ0n) is 59.7. The molecule has 4 aromatic heterocycles. The van der Waals surface area contributed by atoms with Crippen LogP contribution in [0.2, 0.25) is 0 Å². The zero-order chi connectivity index (χ0) is 71.3. The van der Waals surface area contributed by atoms with Gasteiger partial charge in [0, 0.05) is 102 Å². The third-order valence-electron chi connectivity index (χ3n) is 16.5. The molecule has 0 unspecified atom stereocenters. The Kier molecular flexibility index (Phi) is 36.7. The molecule has 103 heavy (non-hydrogen) atoms. The molecule has 8 aromatic rings. The summed E-state index contributed by atoms with van der Waals surface area (Å²) in [6, 6.07) is 44.3. The molecule has 3 amide bonds. The fraction of sp³-hybridized carbons (Fsp3) is 0.451. The second-order valence-corrected chi connectivity index (χ2v) is 26.5. The van der Waals surface area contributed by atoms with Crippen molar-refractivity contribution >= 4 is 35.3 Å². The Balaban J connectivity index is 0.00000833. The molecule has 8 rings (SSSR count). The second kappa shape index (κ2) is 45.7. The summed E-state index contributed by atoms with van der Waals surface area (Å²) in [7, 11) is 0. The fourth-order valence-corrected chi connectivity index (χ4v) is 11.5. The highest BCUT2D eigenvalue weighted by Gasteiger charge is 2.20. The van der Waals surface area contributed by atoms with E-state index in [4.69, 9.17) is 33.7 Å². The summed E-state index contributed by atoms with van der Waals surface area (Å²) in [5, 5.41) is 5.88. The molecular formula is C82H111N11O10. The molecule has 21 nitrogen and oxygen atoms in total. The van der Waals surface area contributed by atoms with E-state index in [1.807, 2.05) is 117 Å². The van der Waals surface area contributed by atoms with Crippen LogP contribution in [0.3, 0.4) is 0 Å². The highest BCUT2D eigenvalue weighted by Crippen LogP contribution is 2.26. The van der Waals surface area contributed by atoms with Gasteiger partial charge >= 0.3 is 5.97 Å². The maximum Gasteiger partial charge on any atom is 0.306 e. The lowest BCUT2D eigenvalue weighted by atomic mass is 10.0. The molecule has 0 saturated heterocycles. The molecule has 0 bridgehead atoms. The Hall–Kier alpha value is -9.25. The number of Topliss-reactive ketones (excluding diaryl/α,β-unsaturated/α-hetero) is 1. The van der Waals surface area contributed by atoms with E-state index in [9.17, 15) is 24.0 Å². The van der Waals surface area contributed by atoms with Crippen molar-refractivity contribution in [2.24, 2.45) is 0 Å². The SMILES string of the molecule is C.C.CCCCCC(=O)Cc1cccc(CN(Cc2cc(CN(Cc3cccc(NC(=O)CCCCC)n3)Cc3ncc[nH]3)cc(OCCCCN(Cc3ccc(-c4ccccc4)cc3)C(=O)COCCOCCOCC(=O)NCc3ccc(CCC(=O)OC(C)(C)C)cc3)c2)Cc2ncc[nH]2)n1. The summed E-state index contributed by atoms with van der Waals surface area (Å²) in [4.78, 5) is 96.7. The van der Waals surface area contributed by atoms with Gasteiger partial charge in [-0.2, -0.15) is 0 Å². The van der Waals surface area contributed by atoms with Gasteiger partial charge in [-0.15, -0.1) is 0 Å². The molecule has 0 fully saturated rings. The molecule has 4 N–H and O–H groups in total. The monoisotopic (exact) mass is 1410 g/mol. The number of hydrogen-bond donors (Lipinski definition) is 4. The molecule has 21 heteroatoms. The molecule has 0 spiro atoms. The van der Waals surface area contributed by atoms with E-state index in [-0.39, 0.29) is 84.0 Å². The molecule has 0 aliphatic heterocycles. The first-order valence-electron chi connectivity index (χ1n) is 35.7. The summed E-state index contributed by atoms with van der Waals surface area (Å²) >= 11 is 0. The number of amides is 3. The topological polar surface area (TPSA) is 248 Å². The van der Waals surface area contributed by atoms with Gasteiger partial charge in [0.05, 0.1) is 57.5 Å². The first kappa shape index (κ1) is 82.7. The molecule has 554 valence electrons. The number of pyridine rings is 2. The van der Waals surface area contributed by atoms with Crippen molar-refractivity contribution in [3.8, 4) is 16.9 Å². The predicted octanol–water partition coefficient (Wildman–Crippen LogP) is 14.3. The van der Waals surface area contributed by atoms with Gasteiger partial charge in [-0.3, -0.25) is 38.8 Å². The van der Waals surface area contributed by atoms with Gasteiger partial charge in [0.25, 0.3) is 0 Å². The predicted molar refractivity (Wildman–Crippen MR) is 404 cm³/mol. The third kappa shape index (κ3) is 32.3. The van der Waals surface area contributed by atoms with Gasteiger partial charge in [-0.1, -0.05) is 151 Å². The molecule has 0 aliphatic carbocycles. The highest BCUT2D eigenvalue weighted by molar-refractivity contribution is 5.89. The number of imidazole rings is 2. The van der Waals surface area contributed by atoms with Gasteiger partial charge in [0.15, 0.2) is 0 Å². The number of aryl methyl sites for hydroxylation is 1. The summed E-state index contributed by atoms with van der Waals surface area (Å²) in [5.41, 5.74) is 9.02. The van der Waals surface area contributed by atoms with Gasteiger partial charge in [-0.25, -0.2) is 15.0 Å². The van der Waals surface area contributed by atoms with E-state index in [0.29, 0.717) is 122 Å². The Morgan fingerprint density at radius 3 is 1.72 bits per heavy atom. The van der Waals surface area contributed by atoms with E-state index in [2.05, 4.69) is 109 Å². The van der Waals surface area contributed by atoms with E-state index in [1.54, 1.807) is 12.4 Å². The van der Waals surface area contributed by atoms with Gasteiger partial charge in [0.2, 0.25) is 17.7 Å². The normalized spacial score (nSPS) is 11.3. The summed E-state index contributed by atoms with van der Waals surface area (Å²) in [6.07, 6.45) is 16.4. The molecular weight excluding hydrogens is 1300 g/mol. The minimum atomic E-state index is -0.517. The van der Waals surface area contributed by atoms with Crippen LogP contribution in [-0.4, -0.2) is 132 Å². The molecule has 0 aliphatic rings. The maximum atomic E-state index is 14.1. The zero-order valence-corrected chi connectivity index (χ0v) is 59.7. The number of H-pyrrole nitrogens is 2. The third-order valence-corrected chi connectivity index (χ3v) is 16.5. The molecule has 4 heterocycles. The number of ketones is 1. The van der Waals surface area contributed by atoms with Crippen LogP contribution in [-0.2, 0) is 108 Å². The van der Waals surface area contributed by atoms with Gasteiger partial charge in [-0.05, 0) is 128 Å². The summed E-state index contributed by atoms with van der Waals surface area (Å²) in [6.45, 7) is 15.0. The number of esters is 1. The number of carbonyl (C=O) groups excluding carboxylic acids is 5. The van der Waals surface area contributed by atoms with Crippen molar-refractivity contribution in [3.63, 3.8) is 0 Å². The Morgan fingerprint density at radius 1 is 0.505 bits per heavy atom. The number of anilines is 1. The first-order valence-corrected chi connectivity index (χ1v) is 35.7. The molecule has 0 radical (unpaired) electrons. The minimum Gasteiger partial charge on any atom is -0.494 e. The quantitative estimate of drug-likeness (QED) is 0.0204. The van der Waals surface area contributed by atoms with Gasteiger partial charge < -0.3 is 49.2 Å². The van der Waals surface area contributed by atoms with E-state index in [1.165, 1.54) is 0 Å². The molecule has 0 atom stereocenters. The lowest BCUT2D eigenvalue weighted by molar-refractivity contribution is -0.154. The maximum absolute atomic E-state index is 14.1. The van der Waals surface area contributed by atoms with E-state index in [0.717, 1.165) is 106 Å². The van der Waals surface area contributed by atoms with Crippen LogP contribution < -0.4 is 15.4 Å². The van der Waals surface area contributed by atoms with Crippen molar-refractivity contribution in [1.82, 2.24) is 49.9 Å². The van der Waals surface area contributed by atoms with Crippen LogP contribution in [0.1, 0.15) is 177 Å². The number of aromatic nitrogens is 6. The van der Waals surface area contributed by atoms with Gasteiger partial charge in [0.1, 0.15) is 47.8 Å². The average Bonchev–Trinajstić information content (AvgIpc) is 1.40. The van der Waals surface area contributed by atoms with Crippen molar-refractivity contribution in [2.75, 3.05) is 58.1 Å². The van der Waals surface area contributed by atoms with Crippen molar-refractivity contribution in [2.45, 2.75) is 191 Å². The Labute approximate surface area is 610 Å². The number of benzene rings is 4. The highest BCUT2D eigenvalue weighted by atomic mass is 16.6. The van der Waals surface area contributed by atoms with Crippen molar-refractivity contribution < 1.29 is 47.7 Å². The number of unbranched alkanes of at least 4 members (excludes halogenated alkanes) is 5. The number of nitrogens with zero attached hydrogens (tertiary/aromatic N) is 7. The Morgan fingerprint density at radius 2 is 1.09 bits per heavy atom. The largest absolute Gasteiger partial charge is 0.494 e. The Bertz CT molecular complexity index is 3610. The number of ether oxygens (including phenoxy) is 5. The summed E-state index contributed by atoms with van der Waals surface area (Å²) < 4.78 is 29.3. The number of aromatic amines is 2. The first-order chi connectivity index (χ1) is 49.1. The second-order valence-electron chi connectivity index (χ2n) is 26.5. The van der Waals surface area contributed by atoms with Crippen molar-refractivity contribution in [3.05, 3.63) is 215 Å². The smallest absolute Gasteiger partial charge is 0.306 e. The minimum absolute atomic E-state index is 0. The standard InChI is InChI=1S/C80H103N11O10.2CH4/c1-6-8-11-24-71(92)50-68-21-17-22-69(86-68)55-89(57-74-81-37-38-82-74)52-64-47-65(53-90(58-75-83-39-40-84-75)56-70-23-18-25-73(87-70)88-76(93)26-12-9-7-2)49-72(48-64)100-42-16-15-41-91(54-63-31-34-67(35-32-63)66-19-13-10-14-20-66)78(95)60-99-46-44-97-43-45-98-59-77(94)85-51-62-29-27-61(28-30-62)33-36-79(96)101-80(3,4)5;;/h10,13-14,17-23,25,27-32,34-35,37-40,47-49H,6-9,11-12,15-16,24,26,33,36,41-46,50-60H2,1-5H3,(H,81,82)(H,83,84)(H,85,94)(H,87,88,93);2*1H4. The number of hydrogen-bond acceptors (Lipinski definition) is 16. The average molecular weight is 1410 g/mol. The lowest BCUT2D eigenvalue weighted by Gasteiger charge is -2.24. The van der Waals surface area contributed by atoms with Crippen LogP contribution in [0.4, 0.5) is 5.82 Å². The number of carbonyl (C=O) groups is 5. The molecule has 0 saturated carbocycles. The number of rotatable bonds is 47.